The van der Waals surface area contributed by atoms with Crippen molar-refractivity contribution in [3.8, 4) is 0 Å². The van der Waals surface area contributed by atoms with Crippen LogP contribution in [-0.4, -0.2) is 31.9 Å². The van der Waals surface area contributed by atoms with Crippen molar-refractivity contribution in [3.63, 3.8) is 0 Å². The first kappa shape index (κ1) is 11.8. The van der Waals surface area contributed by atoms with E-state index >= 15 is 0 Å². The molecule has 0 aliphatic carbocycles. The Morgan fingerprint density at radius 3 is 1.12 bits per heavy atom. The molecule has 0 aromatic heterocycles. The van der Waals surface area contributed by atoms with Gasteiger partial charge in [0.15, 0.2) is 0 Å². The predicted octanol–water partition coefficient (Wildman–Crippen LogP) is 2.16. The molecule has 2 heteroatoms. The fraction of sp³-hybridized carbons (Fsp3) is 1.00. The van der Waals surface area contributed by atoms with Crippen LogP contribution in [-0.2, 0) is 0 Å². The zero-order valence-electron chi connectivity index (χ0n) is 6.12. The smallest absolute Gasteiger partial charge is 0 e. The summed E-state index contributed by atoms with van der Waals surface area (Å²) in [5.41, 5.74) is 0. The minimum absolute atomic E-state index is 0. The Labute approximate surface area is 68.5 Å². The van der Waals surface area contributed by atoms with Crippen molar-refractivity contribution in [3.05, 3.63) is 0 Å². The summed E-state index contributed by atoms with van der Waals surface area (Å²) in [4.78, 5) is 0. The average molecular weight is 232 g/mol. The van der Waals surface area contributed by atoms with E-state index in [-0.39, 0.29) is 17.6 Å². The first-order valence-corrected chi connectivity index (χ1v) is 7.63. The van der Waals surface area contributed by atoms with E-state index in [9.17, 15) is 0 Å². The molecule has 0 rings (SSSR count). The van der Waals surface area contributed by atoms with E-state index in [1.165, 1.54) is 15.8 Å². The minimum Gasteiger partial charge on any atom is 0 e. The summed E-state index contributed by atoms with van der Waals surface area (Å²) in [6.07, 6.45) is 0. The van der Waals surface area contributed by atoms with Gasteiger partial charge >= 0.3 is 50.9 Å². The van der Waals surface area contributed by atoms with Gasteiger partial charge in [-0.05, 0) is 0 Å². The molecule has 8 heavy (non-hydrogen) atoms. The van der Waals surface area contributed by atoms with Gasteiger partial charge in [-0.1, -0.05) is 0 Å². The third kappa shape index (κ3) is 5.23. The third-order valence-electron chi connectivity index (χ3n) is 1.50. The molecule has 0 aromatic carbocycles. The maximum atomic E-state index is 2.34. The molecule has 0 saturated heterocycles. The normalized spacial score (nSPS) is 9.00. The summed E-state index contributed by atoms with van der Waals surface area (Å²) >= 11 is -0.403. The first-order valence-electron chi connectivity index (χ1n) is 3.18. The van der Waals surface area contributed by atoms with Crippen molar-refractivity contribution in [2.45, 2.75) is 36.5 Å². The molecule has 0 heterocycles. The molecule has 0 aromatic rings. The van der Waals surface area contributed by atoms with Crippen LogP contribution in [0.15, 0.2) is 0 Å². The van der Waals surface area contributed by atoms with E-state index in [1.807, 2.05) is 0 Å². The van der Waals surface area contributed by atoms with E-state index in [1.54, 1.807) is 0 Å². The number of hydrogen-bond acceptors (Lipinski definition) is 0. The van der Waals surface area contributed by atoms with Gasteiger partial charge in [-0.25, -0.2) is 0 Å². The van der Waals surface area contributed by atoms with Gasteiger partial charge in [-0.3, -0.25) is 0 Å². The van der Waals surface area contributed by atoms with E-state index < -0.39 is 14.3 Å². The second kappa shape index (κ2) is 8.09. The van der Waals surface area contributed by atoms with E-state index in [2.05, 4.69) is 20.8 Å². The molecular formula is C6H15Ge2. The maximum Gasteiger partial charge on any atom is 0 e. The molecule has 0 atom stereocenters. The van der Waals surface area contributed by atoms with Gasteiger partial charge in [0.05, 0.1) is 0 Å². The molecule has 0 amide bonds. The molecular weight excluding hydrogens is 217 g/mol. The third-order valence-corrected chi connectivity index (χ3v) is 7.79. The molecule has 0 bridgehead atoms. The van der Waals surface area contributed by atoms with Crippen LogP contribution < -0.4 is 0 Å². The van der Waals surface area contributed by atoms with E-state index in [4.69, 9.17) is 0 Å². The first-order chi connectivity index (χ1) is 3.35. The Balaban J connectivity index is 0. The van der Waals surface area contributed by atoms with Gasteiger partial charge in [-0.2, -0.15) is 0 Å². The molecule has 0 spiro atoms. The average Bonchev–Trinajstić information content (AvgIpc) is 1.72. The van der Waals surface area contributed by atoms with Gasteiger partial charge in [0, 0.05) is 17.6 Å². The molecule has 0 nitrogen and oxygen atoms in total. The Kier molecular flexibility index (Phi) is 12.0. The molecule has 0 saturated carbocycles. The van der Waals surface area contributed by atoms with Gasteiger partial charge in [0.25, 0.3) is 0 Å². The van der Waals surface area contributed by atoms with E-state index in [0.29, 0.717) is 0 Å². The minimum atomic E-state index is -0.403. The van der Waals surface area contributed by atoms with Crippen molar-refractivity contribution in [2.75, 3.05) is 0 Å². The van der Waals surface area contributed by atoms with Crippen LogP contribution in [0.2, 0.25) is 15.8 Å². The molecule has 0 aliphatic heterocycles. The Hall–Kier alpha value is 1.09. The Morgan fingerprint density at radius 2 is 1.12 bits per heavy atom. The number of hydrogen-bond donors (Lipinski definition) is 0. The quantitative estimate of drug-likeness (QED) is 0.654. The van der Waals surface area contributed by atoms with Crippen LogP contribution in [0.4, 0.5) is 0 Å². The van der Waals surface area contributed by atoms with Crippen LogP contribution in [0.3, 0.4) is 0 Å². The molecule has 0 unspecified atom stereocenters. The van der Waals surface area contributed by atoms with Crippen molar-refractivity contribution in [1.82, 2.24) is 0 Å². The van der Waals surface area contributed by atoms with Crippen LogP contribution in [0.1, 0.15) is 20.8 Å². The molecule has 47 valence electrons. The molecule has 0 aliphatic rings. The fourth-order valence-corrected chi connectivity index (χ4v) is 3.90. The fourth-order valence-electron chi connectivity index (χ4n) is 0.750. The Morgan fingerprint density at radius 1 is 0.875 bits per heavy atom. The van der Waals surface area contributed by atoms with Gasteiger partial charge in [-0.15, -0.1) is 0 Å². The SMILES string of the molecule is C[CH2][Ge]([CH2]C)[CH2]C.[Ge]. The summed E-state index contributed by atoms with van der Waals surface area (Å²) < 4.78 is 0. The van der Waals surface area contributed by atoms with Crippen molar-refractivity contribution >= 4 is 31.9 Å². The van der Waals surface area contributed by atoms with Gasteiger partial charge in [0.2, 0.25) is 0 Å². The largest absolute Gasteiger partial charge is 0 e. The summed E-state index contributed by atoms with van der Waals surface area (Å²) in [6, 6.07) is 0. The summed E-state index contributed by atoms with van der Waals surface area (Å²) in [5.74, 6) is 0. The van der Waals surface area contributed by atoms with Gasteiger partial charge in [0.1, 0.15) is 0 Å². The topological polar surface area (TPSA) is 0 Å². The van der Waals surface area contributed by atoms with Crippen LogP contribution in [0.25, 0.3) is 0 Å². The standard InChI is InChI=1S/C6H15Ge.Ge/c1-4-7(5-2)6-3;/h4-6H2,1-3H3;. The van der Waals surface area contributed by atoms with Crippen LogP contribution >= 0.6 is 0 Å². The van der Waals surface area contributed by atoms with E-state index in [0.717, 1.165) is 0 Å². The molecule has 0 N–H and O–H groups in total. The molecule has 0 fully saturated rings. The monoisotopic (exact) mass is 235 g/mol. The predicted molar refractivity (Wildman–Crippen MR) is 43.0 cm³/mol. The maximum absolute atomic E-state index is 2.34. The van der Waals surface area contributed by atoms with Crippen LogP contribution in [0.5, 0.6) is 0 Å². The van der Waals surface area contributed by atoms with Crippen molar-refractivity contribution in [1.29, 1.82) is 0 Å². The summed E-state index contributed by atoms with van der Waals surface area (Å²) in [5, 5.41) is 4.56. The van der Waals surface area contributed by atoms with Crippen molar-refractivity contribution < 1.29 is 0 Å². The zero-order valence-corrected chi connectivity index (χ0v) is 10.3. The molecule has 5 radical (unpaired) electrons. The summed E-state index contributed by atoms with van der Waals surface area (Å²) in [6.45, 7) is 7.01. The van der Waals surface area contributed by atoms with Crippen molar-refractivity contribution in [2.24, 2.45) is 0 Å². The van der Waals surface area contributed by atoms with Gasteiger partial charge < -0.3 is 0 Å². The second-order valence-electron chi connectivity index (χ2n) is 1.81. The Bertz CT molecular complexity index is 28.0. The van der Waals surface area contributed by atoms with Crippen LogP contribution in [0, 0.1) is 0 Å². The summed E-state index contributed by atoms with van der Waals surface area (Å²) in [7, 11) is 0. The second-order valence-corrected chi connectivity index (χ2v) is 9.41. The number of rotatable bonds is 3. The zero-order chi connectivity index (χ0) is 5.70.